The van der Waals surface area contributed by atoms with Crippen LogP contribution in [0.3, 0.4) is 0 Å². The minimum Gasteiger partial charge on any atom is -0.497 e. The van der Waals surface area contributed by atoms with Gasteiger partial charge in [-0.15, -0.1) is 0 Å². The summed E-state index contributed by atoms with van der Waals surface area (Å²) in [6.45, 7) is 8.00. The first kappa shape index (κ1) is 31.1. The van der Waals surface area contributed by atoms with Crippen LogP contribution in [0.4, 0.5) is 0 Å². The molecular weight excluding hydrogens is 540 g/mol. The molecule has 42 heavy (non-hydrogen) atoms. The monoisotopic (exact) mass is 580 g/mol. The largest absolute Gasteiger partial charge is 0.497 e. The van der Waals surface area contributed by atoms with Gasteiger partial charge in [0, 0.05) is 19.5 Å². The second-order valence-electron chi connectivity index (χ2n) is 11.0. The summed E-state index contributed by atoms with van der Waals surface area (Å²) in [4.78, 5) is 55.0. The molecule has 4 atom stereocenters. The first-order valence-electron chi connectivity index (χ1n) is 14.2. The zero-order valence-electron chi connectivity index (χ0n) is 24.6. The number of carbonyl (C=O) groups is 4. The predicted molar refractivity (Wildman–Crippen MR) is 155 cm³/mol. The number of aryl methyl sites for hydroxylation is 1. The van der Waals surface area contributed by atoms with Crippen LogP contribution >= 0.6 is 0 Å². The Morgan fingerprint density at radius 2 is 1.69 bits per heavy atom. The standard InChI is InChI=1S/C31H40N4O7/c1-20-6-5-7-23(16-20)27(28(37)31(3)19-42-31)34-30(39)25(17-22-8-10-24(40-4)11-9-22)33-29(38)21(2)32-26(36)18-35-12-14-41-15-13-35/h5-11,16,21,25,27H,12-15,17-19H2,1-4H3,(H,32,36)(H,33,38)(H,34,39)/t21-,25-,27-,31+/m0/s1. The van der Waals surface area contributed by atoms with Crippen molar-refractivity contribution in [3.63, 3.8) is 0 Å². The zero-order valence-corrected chi connectivity index (χ0v) is 24.6. The van der Waals surface area contributed by atoms with E-state index >= 15 is 0 Å². The third-order valence-corrected chi connectivity index (χ3v) is 7.50. The molecule has 0 saturated carbocycles. The molecule has 2 saturated heterocycles. The summed E-state index contributed by atoms with van der Waals surface area (Å²) < 4.78 is 16.0. The van der Waals surface area contributed by atoms with Crippen molar-refractivity contribution in [1.82, 2.24) is 20.9 Å². The Bertz CT molecular complexity index is 1270. The van der Waals surface area contributed by atoms with E-state index < -0.39 is 35.5 Å². The summed E-state index contributed by atoms with van der Waals surface area (Å²) in [5.74, 6) is -0.952. The number of nitrogens with one attached hydrogen (secondary N) is 3. The lowest BCUT2D eigenvalue weighted by Gasteiger charge is -2.27. The molecule has 2 aliphatic heterocycles. The Kier molecular flexibility index (Phi) is 10.3. The number of Topliss-reactive ketones (excluding diaryl/α,β-unsaturated/α-hetero) is 1. The topological polar surface area (TPSA) is 139 Å². The number of rotatable bonds is 13. The van der Waals surface area contributed by atoms with Crippen molar-refractivity contribution in [2.45, 2.75) is 50.9 Å². The highest BCUT2D eigenvalue weighted by atomic mass is 16.6. The fraction of sp³-hybridized carbons (Fsp3) is 0.484. The van der Waals surface area contributed by atoms with E-state index in [9.17, 15) is 19.2 Å². The molecule has 2 heterocycles. The molecule has 0 aliphatic carbocycles. The van der Waals surface area contributed by atoms with Crippen molar-refractivity contribution in [3.8, 4) is 5.75 Å². The Labute approximate surface area is 246 Å². The molecule has 226 valence electrons. The normalized spacial score (nSPS) is 20.5. The van der Waals surface area contributed by atoms with Gasteiger partial charge in [-0.2, -0.15) is 0 Å². The Balaban J connectivity index is 1.50. The van der Waals surface area contributed by atoms with Gasteiger partial charge in [0.1, 0.15) is 29.5 Å². The highest BCUT2D eigenvalue weighted by Crippen LogP contribution is 2.33. The van der Waals surface area contributed by atoms with Gasteiger partial charge in [0.05, 0.1) is 33.5 Å². The number of ether oxygens (including phenoxy) is 3. The summed E-state index contributed by atoms with van der Waals surface area (Å²) in [5, 5.41) is 8.38. The first-order valence-corrected chi connectivity index (χ1v) is 14.2. The number of methoxy groups -OCH3 is 1. The minimum atomic E-state index is -1.03. The number of hydrogen-bond donors (Lipinski definition) is 3. The van der Waals surface area contributed by atoms with E-state index in [-0.39, 0.29) is 31.3 Å². The fourth-order valence-corrected chi connectivity index (χ4v) is 4.77. The Morgan fingerprint density at radius 1 is 1.00 bits per heavy atom. The molecule has 11 nitrogen and oxygen atoms in total. The molecule has 2 aromatic rings. The van der Waals surface area contributed by atoms with E-state index in [1.807, 2.05) is 30.0 Å². The lowest BCUT2D eigenvalue weighted by Crippen LogP contribution is -2.55. The van der Waals surface area contributed by atoms with Crippen molar-refractivity contribution < 1.29 is 33.4 Å². The molecular formula is C31H40N4O7. The van der Waals surface area contributed by atoms with Crippen LogP contribution in [-0.2, 0) is 35.1 Å². The molecule has 0 unspecified atom stereocenters. The van der Waals surface area contributed by atoms with E-state index in [2.05, 4.69) is 16.0 Å². The number of nitrogens with zero attached hydrogens (tertiary/aromatic N) is 1. The van der Waals surface area contributed by atoms with Crippen LogP contribution in [0.1, 0.15) is 36.6 Å². The number of epoxide rings is 1. The van der Waals surface area contributed by atoms with Gasteiger partial charge in [-0.25, -0.2) is 0 Å². The molecule has 0 radical (unpaired) electrons. The van der Waals surface area contributed by atoms with Crippen LogP contribution < -0.4 is 20.7 Å². The van der Waals surface area contributed by atoms with Crippen molar-refractivity contribution in [1.29, 1.82) is 0 Å². The summed E-state index contributed by atoms with van der Waals surface area (Å²) in [7, 11) is 1.56. The first-order chi connectivity index (χ1) is 20.1. The molecule has 2 aliphatic rings. The van der Waals surface area contributed by atoms with E-state index in [0.717, 1.165) is 11.1 Å². The van der Waals surface area contributed by atoms with Gasteiger partial charge in [0.2, 0.25) is 17.7 Å². The molecule has 3 N–H and O–H groups in total. The van der Waals surface area contributed by atoms with Crippen molar-refractivity contribution in [3.05, 3.63) is 65.2 Å². The maximum absolute atomic E-state index is 13.8. The third kappa shape index (κ3) is 8.37. The fourth-order valence-electron chi connectivity index (χ4n) is 4.77. The van der Waals surface area contributed by atoms with E-state index in [4.69, 9.17) is 14.2 Å². The maximum Gasteiger partial charge on any atom is 0.243 e. The van der Waals surface area contributed by atoms with Gasteiger partial charge in [0.25, 0.3) is 0 Å². The number of amides is 3. The summed E-state index contributed by atoms with van der Waals surface area (Å²) in [5.41, 5.74) is 1.36. The van der Waals surface area contributed by atoms with E-state index in [1.54, 1.807) is 51.3 Å². The van der Waals surface area contributed by atoms with Crippen molar-refractivity contribution >= 4 is 23.5 Å². The van der Waals surface area contributed by atoms with Crippen molar-refractivity contribution in [2.75, 3.05) is 46.6 Å². The summed E-state index contributed by atoms with van der Waals surface area (Å²) in [6, 6.07) is 11.6. The second kappa shape index (κ2) is 13.9. The van der Waals surface area contributed by atoms with Crippen LogP contribution in [0.5, 0.6) is 5.75 Å². The molecule has 0 aromatic heterocycles. The van der Waals surface area contributed by atoms with E-state index in [1.165, 1.54) is 0 Å². The molecule has 2 fully saturated rings. The highest BCUT2D eigenvalue weighted by molar-refractivity contribution is 5.99. The van der Waals surface area contributed by atoms with Crippen molar-refractivity contribution in [2.24, 2.45) is 0 Å². The quantitative estimate of drug-likeness (QED) is 0.299. The van der Waals surface area contributed by atoms with Crippen LogP contribution in [0.15, 0.2) is 48.5 Å². The Hall–Kier alpha value is -3.80. The van der Waals surface area contributed by atoms with Gasteiger partial charge in [-0.1, -0.05) is 42.0 Å². The van der Waals surface area contributed by atoms with E-state index in [0.29, 0.717) is 37.6 Å². The zero-order chi connectivity index (χ0) is 30.3. The smallest absolute Gasteiger partial charge is 0.243 e. The number of ketones is 1. The number of morpholine rings is 1. The van der Waals surface area contributed by atoms with Gasteiger partial charge in [-0.05, 0) is 44.0 Å². The summed E-state index contributed by atoms with van der Waals surface area (Å²) in [6.07, 6.45) is 0.151. The molecule has 11 heteroatoms. The van der Waals surface area contributed by atoms with Gasteiger partial charge < -0.3 is 30.2 Å². The van der Waals surface area contributed by atoms with Crippen LogP contribution in [0, 0.1) is 6.92 Å². The number of benzene rings is 2. The van der Waals surface area contributed by atoms with Gasteiger partial charge in [0.15, 0.2) is 5.78 Å². The van der Waals surface area contributed by atoms with Crippen LogP contribution in [0.25, 0.3) is 0 Å². The predicted octanol–water partition coefficient (Wildman–Crippen LogP) is 1.08. The average Bonchev–Trinajstić information content (AvgIpc) is 3.74. The van der Waals surface area contributed by atoms with Crippen LogP contribution in [-0.4, -0.2) is 92.7 Å². The summed E-state index contributed by atoms with van der Waals surface area (Å²) >= 11 is 0. The average molecular weight is 581 g/mol. The molecule has 3 amide bonds. The molecule has 4 rings (SSSR count). The van der Waals surface area contributed by atoms with Crippen LogP contribution in [0.2, 0.25) is 0 Å². The van der Waals surface area contributed by atoms with Gasteiger partial charge >= 0.3 is 0 Å². The van der Waals surface area contributed by atoms with Gasteiger partial charge in [-0.3, -0.25) is 24.1 Å². The minimum absolute atomic E-state index is 0.151. The number of carbonyl (C=O) groups excluding carboxylic acids is 4. The highest BCUT2D eigenvalue weighted by Gasteiger charge is 2.50. The lowest BCUT2D eigenvalue weighted by molar-refractivity contribution is -0.134. The number of hydrogen-bond acceptors (Lipinski definition) is 8. The molecule has 0 spiro atoms. The Morgan fingerprint density at radius 3 is 2.31 bits per heavy atom. The maximum atomic E-state index is 13.8. The lowest BCUT2D eigenvalue weighted by atomic mass is 9.93. The molecule has 0 bridgehead atoms. The second-order valence-corrected chi connectivity index (χ2v) is 11.0. The molecule has 2 aromatic carbocycles. The SMILES string of the molecule is COc1ccc(C[C@H](NC(=O)[C@H](C)NC(=O)CN2CCOCC2)C(=O)N[C@H](C(=O)[C@@]2(C)CO2)c2cccc(C)c2)cc1. The third-order valence-electron chi connectivity index (χ3n) is 7.50.